The molecule has 3 rings (SSSR count). The highest BCUT2D eigenvalue weighted by atomic mass is 32.1. The van der Waals surface area contributed by atoms with Crippen LogP contribution in [-0.2, 0) is 24.1 Å². The fourth-order valence-electron chi connectivity index (χ4n) is 3.21. The molecule has 6 nitrogen and oxygen atoms in total. The molecule has 7 heteroatoms. The maximum atomic E-state index is 12.7. The van der Waals surface area contributed by atoms with Crippen molar-refractivity contribution in [3.8, 4) is 0 Å². The van der Waals surface area contributed by atoms with Crippen LogP contribution in [0, 0.1) is 6.92 Å². The third-order valence-corrected chi connectivity index (χ3v) is 5.52. The van der Waals surface area contributed by atoms with E-state index in [0.29, 0.717) is 29.4 Å². The number of nitrogens with zero attached hydrogens (tertiary/aromatic N) is 2. The predicted octanol–water partition coefficient (Wildman–Crippen LogP) is 3.58. The molecule has 1 amide bonds. The van der Waals surface area contributed by atoms with E-state index < -0.39 is 0 Å². The number of amides is 1. The minimum absolute atomic E-state index is 0.244. The van der Waals surface area contributed by atoms with Gasteiger partial charge in [0.25, 0.3) is 5.91 Å². The number of carbonyl (C=O) groups excluding carboxylic acids is 2. The van der Waals surface area contributed by atoms with E-state index in [1.807, 2.05) is 13.8 Å². The molecule has 0 aromatic carbocycles. The molecule has 0 saturated heterocycles. The van der Waals surface area contributed by atoms with Crippen LogP contribution in [0.25, 0.3) is 0 Å². The van der Waals surface area contributed by atoms with E-state index in [4.69, 9.17) is 4.74 Å². The molecule has 1 aliphatic carbocycles. The Labute approximate surface area is 151 Å². The largest absolute Gasteiger partial charge is 0.462 e. The van der Waals surface area contributed by atoms with Gasteiger partial charge in [-0.05, 0) is 58.1 Å². The second-order valence-corrected chi connectivity index (χ2v) is 7.18. The number of fused-ring (bicyclic) bond motifs is 1. The molecule has 0 spiro atoms. The molecule has 0 radical (unpaired) electrons. The van der Waals surface area contributed by atoms with Crippen molar-refractivity contribution in [2.45, 2.75) is 53.0 Å². The summed E-state index contributed by atoms with van der Waals surface area (Å²) in [4.78, 5) is 26.4. The van der Waals surface area contributed by atoms with Crippen molar-refractivity contribution in [2.24, 2.45) is 0 Å². The highest BCUT2D eigenvalue weighted by molar-refractivity contribution is 7.17. The first-order valence-electron chi connectivity index (χ1n) is 8.72. The number of ether oxygens (including phenoxy) is 1. The molecule has 0 unspecified atom stereocenters. The van der Waals surface area contributed by atoms with Crippen LogP contribution in [0.15, 0.2) is 6.07 Å². The van der Waals surface area contributed by atoms with E-state index in [-0.39, 0.29) is 11.9 Å². The number of carbonyl (C=O) groups is 2. The number of rotatable bonds is 5. The van der Waals surface area contributed by atoms with Gasteiger partial charge >= 0.3 is 5.97 Å². The fraction of sp³-hybridized carbons (Fsp3) is 0.500. The number of hydrogen-bond acceptors (Lipinski definition) is 5. The minimum Gasteiger partial charge on any atom is -0.462 e. The lowest BCUT2D eigenvalue weighted by atomic mass is 9.95. The Morgan fingerprint density at radius 1 is 1.32 bits per heavy atom. The van der Waals surface area contributed by atoms with Gasteiger partial charge in [0.1, 0.15) is 10.7 Å². The lowest BCUT2D eigenvalue weighted by Crippen LogP contribution is -2.19. The smallest absolute Gasteiger partial charge is 0.341 e. The summed E-state index contributed by atoms with van der Waals surface area (Å²) in [5.41, 5.74) is 2.88. The molecule has 25 heavy (non-hydrogen) atoms. The van der Waals surface area contributed by atoms with Gasteiger partial charge in [-0.2, -0.15) is 5.10 Å². The molecule has 0 aliphatic heterocycles. The van der Waals surface area contributed by atoms with Gasteiger partial charge in [0.15, 0.2) is 0 Å². The molecular weight excluding hydrogens is 338 g/mol. The minimum atomic E-state index is -0.350. The summed E-state index contributed by atoms with van der Waals surface area (Å²) in [6.45, 7) is 6.52. The van der Waals surface area contributed by atoms with Gasteiger partial charge in [-0.3, -0.25) is 9.48 Å². The van der Waals surface area contributed by atoms with Crippen LogP contribution in [0.4, 0.5) is 5.00 Å². The number of aryl methyl sites for hydroxylation is 3. The second-order valence-electron chi connectivity index (χ2n) is 6.08. The van der Waals surface area contributed by atoms with Crippen LogP contribution in [0.5, 0.6) is 0 Å². The zero-order chi connectivity index (χ0) is 18.0. The van der Waals surface area contributed by atoms with Crippen LogP contribution in [-0.4, -0.2) is 28.3 Å². The summed E-state index contributed by atoms with van der Waals surface area (Å²) in [6, 6.07) is 1.76. The van der Waals surface area contributed by atoms with E-state index >= 15 is 0 Å². The SMILES string of the molecule is CCOC(=O)c1c(NC(=O)c2cc(C)nn2CC)sc2c1CCCC2. The maximum Gasteiger partial charge on any atom is 0.341 e. The van der Waals surface area contributed by atoms with Crippen molar-refractivity contribution in [1.29, 1.82) is 0 Å². The number of anilines is 1. The number of nitrogens with one attached hydrogen (secondary N) is 1. The first-order chi connectivity index (χ1) is 12.0. The number of thiophene rings is 1. The topological polar surface area (TPSA) is 73.2 Å². The van der Waals surface area contributed by atoms with E-state index in [2.05, 4.69) is 10.4 Å². The first-order valence-corrected chi connectivity index (χ1v) is 9.54. The molecule has 1 N–H and O–H groups in total. The Hall–Kier alpha value is -2.15. The van der Waals surface area contributed by atoms with E-state index in [9.17, 15) is 9.59 Å². The normalized spacial score (nSPS) is 13.4. The third kappa shape index (κ3) is 3.46. The van der Waals surface area contributed by atoms with Crippen molar-refractivity contribution >= 4 is 28.2 Å². The summed E-state index contributed by atoms with van der Waals surface area (Å²) >= 11 is 1.50. The highest BCUT2D eigenvalue weighted by Gasteiger charge is 2.28. The standard InChI is InChI=1S/C18H23N3O3S/c1-4-21-13(10-11(3)20-21)16(22)19-17-15(18(23)24-5-2)12-8-6-7-9-14(12)25-17/h10H,4-9H2,1-3H3,(H,19,22). The number of hydrogen-bond donors (Lipinski definition) is 1. The third-order valence-electron chi connectivity index (χ3n) is 4.31. The molecule has 2 aromatic rings. The zero-order valence-electron chi connectivity index (χ0n) is 14.8. The Kier molecular flexibility index (Phi) is 5.22. The van der Waals surface area contributed by atoms with Crippen molar-refractivity contribution in [3.63, 3.8) is 0 Å². The van der Waals surface area contributed by atoms with Gasteiger partial charge in [-0.25, -0.2) is 4.79 Å². The molecule has 1 aliphatic rings. The number of aromatic nitrogens is 2. The Morgan fingerprint density at radius 3 is 2.80 bits per heavy atom. The molecule has 134 valence electrons. The Morgan fingerprint density at radius 2 is 2.08 bits per heavy atom. The van der Waals surface area contributed by atoms with Gasteiger partial charge in [-0.15, -0.1) is 11.3 Å². The van der Waals surface area contributed by atoms with Gasteiger partial charge in [-0.1, -0.05) is 0 Å². The highest BCUT2D eigenvalue weighted by Crippen LogP contribution is 2.38. The molecular formula is C18H23N3O3S. The summed E-state index contributed by atoms with van der Waals surface area (Å²) < 4.78 is 6.90. The zero-order valence-corrected chi connectivity index (χ0v) is 15.7. The predicted molar refractivity (Wildman–Crippen MR) is 97.5 cm³/mol. The lowest BCUT2D eigenvalue weighted by molar-refractivity contribution is 0.0526. The van der Waals surface area contributed by atoms with Crippen molar-refractivity contribution in [2.75, 3.05) is 11.9 Å². The molecule has 0 atom stereocenters. The second kappa shape index (κ2) is 7.39. The lowest BCUT2D eigenvalue weighted by Gasteiger charge is -2.12. The van der Waals surface area contributed by atoms with Gasteiger partial charge in [0, 0.05) is 11.4 Å². The number of esters is 1. The van der Waals surface area contributed by atoms with Gasteiger partial charge in [0.05, 0.1) is 17.9 Å². The van der Waals surface area contributed by atoms with E-state index in [0.717, 1.165) is 36.9 Å². The average Bonchev–Trinajstić information content (AvgIpc) is 3.14. The van der Waals surface area contributed by atoms with Crippen LogP contribution in [0.1, 0.15) is 63.7 Å². The van der Waals surface area contributed by atoms with Crippen LogP contribution in [0.3, 0.4) is 0 Å². The van der Waals surface area contributed by atoms with Crippen LogP contribution in [0.2, 0.25) is 0 Å². The first kappa shape index (κ1) is 17.7. The van der Waals surface area contributed by atoms with E-state index in [1.54, 1.807) is 17.7 Å². The molecule has 2 aromatic heterocycles. The van der Waals surface area contributed by atoms with Gasteiger partial charge in [0.2, 0.25) is 0 Å². The summed E-state index contributed by atoms with van der Waals surface area (Å²) in [6.07, 6.45) is 3.99. The molecule has 0 bridgehead atoms. The monoisotopic (exact) mass is 361 g/mol. The van der Waals surface area contributed by atoms with E-state index in [1.165, 1.54) is 16.2 Å². The van der Waals surface area contributed by atoms with Gasteiger partial charge < -0.3 is 10.1 Å². The quantitative estimate of drug-likeness (QED) is 0.826. The molecule has 2 heterocycles. The summed E-state index contributed by atoms with van der Waals surface area (Å²) in [7, 11) is 0. The van der Waals surface area contributed by atoms with Crippen LogP contribution < -0.4 is 5.32 Å². The average molecular weight is 361 g/mol. The van der Waals surface area contributed by atoms with Crippen molar-refractivity contribution in [1.82, 2.24) is 9.78 Å². The summed E-state index contributed by atoms with van der Waals surface area (Å²) in [5.74, 6) is -0.594. The fourth-order valence-corrected chi connectivity index (χ4v) is 4.48. The van der Waals surface area contributed by atoms with Crippen molar-refractivity contribution in [3.05, 3.63) is 33.5 Å². The summed E-state index contributed by atoms with van der Waals surface area (Å²) in [5, 5.41) is 7.84. The Balaban J connectivity index is 1.95. The van der Waals surface area contributed by atoms with Crippen LogP contribution >= 0.6 is 11.3 Å². The molecule has 0 saturated carbocycles. The molecule has 0 fully saturated rings. The maximum absolute atomic E-state index is 12.7. The van der Waals surface area contributed by atoms with Crippen molar-refractivity contribution < 1.29 is 14.3 Å². The Bertz CT molecular complexity index is 807.